The van der Waals surface area contributed by atoms with Crippen LogP contribution in [0.5, 0.6) is 0 Å². The van der Waals surface area contributed by atoms with Gasteiger partial charge in [0.05, 0.1) is 36.0 Å². The molecule has 0 fully saturated rings. The summed E-state index contributed by atoms with van der Waals surface area (Å²) in [6, 6.07) is 0. The van der Waals surface area contributed by atoms with Crippen molar-refractivity contribution in [2.24, 2.45) is 7.05 Å². The Kier molecular flexibility index (Phi) is 3.58. The number of aryl methyl sites for hydroxylation is 1. The topological polar surface area (TPSA) is 94.3 Å². The van der Waals surface area contributed by atoms with Crippen LogP contribution in [0.15, 0.2) is 17.2 Å². The minimum absolute atomic E-state index is 0.254. The van der Waals surface area contributed by atoms with Gasteiger partial charge in [0, 0.05) is 14.1 Å². The zero-order valence-electron chi connectivity index (χ0n) is 14.3. The third-order valence-electron chi connectivity index (χ3n) is 3.53. The van der Waals surface area contributed by atoms with E-state index in [4.69, 9.17) is 4.74 Å². The van der Waals surface area contributed by atoms with Gasteiger partial charge >= 0.3 is 11.8 Å². The summed E-state index contributed by atoms with van der Waals surface area (Å²) in [4.78, 5) is 30.4. The number of nitrogens with one attached hydrogen (secondary N) is 1. The molecule has 0 saturated heterocycles. The monoisotopic (exact) mass is 332 g/mol. The summed E-state index contributed by atoms with van der Waals surface area (Å²) in [5, 5.41) is 6.93. The number of ether oxygens (including phenoxy) is 1. The van der Waals surface area contributed by atoms with Crippen molar-refractivity contribution >= 4 is 17.5 Å². The van der Waals surface area contributed by atoms with Crippen LogP contribution < -0.4 is 15.9 Å². The van der Waals surface area contributed by atoms with Crippen LogP contribution in [0, 0.1) is 0 Å². The van der Waals surface area contributed by atoms with Crippen LogP contribution in [0.4, 0.5) is 16.2 Å². The molecule has 128 valence electrons. The van der Waals surface area contributed by atoms with Crippen molar-refractivity contribution in [2.45, 2.75) is 32.9 Å². The SMILES string of the molecule is CN1Cc2nn(C)c(=O)n2-c2cncc(NC(=O)OC(C)(C)C)c21. The van der Waals surface area contributed by atoms with Gasteiger partial charge in [-0.15, -0.1) is 0 Å². The van der Waals surface area contributed by atoms with Crippen LogP contribution in [0.1, 0.15) is 26.6 Å². The molecule has 0 atom stereocenters. The maximum Gasteiger partial charge on any atom is 0.412 e. The molecule has 9 nitrogen and oxygen atoms in total. The number of hydrogen-bond donors (Lipinski definition) is 1. The lowest BCUT2D eigenvalue weighted by molar-refractivity contribution is 0.0636. The summed E-state index contributed by atoms with van der Waals surface area (Å²) in [6.45, 7) is 5.81. The summed E-state index contributed by atoms with van der Waals surface area (Å²) >= 11 is 0. The van der Waals surface area contributed by atoms with Crippen LogP contribution in [-0.4, -0.2) is 38.1 Å². The van der Waals surface area contributed by atoms with Crippen molar-refractivity contribution in [3.05, 3.63) is 28.7 Å². The predicted molar refractivity (Wildman–Crippen MR) is 88.6 cm³/mol. The lowest BCUT2D eigenvalue weighted by Crippen LogP contribution is -2.32. The molecule has 3 heterocycles. The summed E-state index contributed by atoms with van der Waals surface area (Å²) in [7, 11) is 3.46. The Morgan fingerprint density at radius 3 is 2.67 bits per heavy atom. The molecule has 0 bridgehead atoms. The van der Waals surface area contributed by atoms with Gasteiger partial charge in [0.1, 0.15) is 5.60 Å². The zero-order valence-corrected chi connectivity index (χ0v) is 14.3. The van der Waals surface area contributed by atoms with Crippen LogP contribution in [-0.2, 0) is 18.3 Å². The molecule has 2 aromatic rings. The Morgan fingerprint density at radius 2 is 2.00 bits per heavy atom. The quantitative estimate of drug-likeness (QED) is 0.845. The second-order valence-electron chi connectivity index (χ2n) is 6.70. The van der Waals surface area contributed by atoms with E-state index in [9.17, 15) is 9.59 Å². The highest BCUT2D eigenvalue weighted by molar-refractivity contribution is 5.92. The molecule has 1 N–H and O–H groups in total. The van der Waals surface area contributed by atoms with Crippen LogP contribution in [0.3, 0.4) is 0 Å². The van der Waals surface area contributed by atoms with Crippen LogP contribution in [0.2, 0.25) is 0 Å². The van der Waals surface area contributed by atoms with Gasteiger partial charge in [0.25, 0.3) is 0 Å². The number of carbonyl (C=O) groups excluding carboxylic acids is 1. The van der Waals surface area contributed by atoms with E-state index in [0.29, 0.717) is 29.4 Å². The Labute approximate surface area is 138 Å². The number of carbonyl (C=O) groups is 1. The molecule has 2 aromatic heterocycles. The highest BCUT2D eigenvalue weighted by atomic mass is 16.6. The lowest BCUT2D eigenvalue weighted by Gasteiger charge is -2.29. The first kappa shape index (κ1) is 16.0. The predicted octanol–water partition coefficient (Wildman–Crippen LogP) is 1.26. The van der Waals surface area contributed by atoms with Gasteiger partial charge in [-0.05, 0) is 20.8 Å². The molecule has 1 aliphatic rings. The van der Waals surface area contributed by atoms with Crippen molar-refractivity contribution in [3.63, 3.8) is 0 Å². The van der Waals surface area contributed by atoms with Crippen molar-refractivity contribution < 1.29 is 9.53 Å². The first-order valence-corrected chi connectivity index (χ1v) is 7.52. The standard InChI is InChI=1S/C15H20N6O3/c1-15(2,3)24-13(22)17-9-6-16-7-10-12(9)19(4)8-11-18-20(5)14(23)21(10)11/h6-7H,8H2,1-5H3,(H,17,22). The molecule has 24 heavy (non-hydrogen) atoms. The fourth-order valence-electron chi connectivity index (χ4n) is 2.66. The number of anilines is 2. The van der Waals surface area contributed by atoms with Crippen LogP contribution >= 0.6 is 0 Å². The molecule has 1 amide bonds. The maximum atomic E-state index is 12.3. The summed E-state index contributed by atoms with van der Waals surface area (Å²) in [5.41, 5.74) is 0.885. The average Bonchev–Trinajstić information content (AvgIpc) is 2.71. The first-order valence-electron chi connectivity index (χ1n) is 7.52. The molecule has 0 aliphatic carbocycles. The molecule has 0 radical (unpaired) electrons. The van der Waals surface area contributed by atoms with E-state index < -0.39 is 11.7 Å². The number of nitrogens with zero attached hydrogens (tertiary/aromatic N) is 5. The second-order valence-corrected chi connectivity index (χ2v) is 6.70. The third-order valence-corrected chi connectivity index (χ3v) is 3.53. The van der Waals surface area contributed by atoms with Gasteiger partial charge in [-0.2, -0.15) is 5.10 Å². The second kappa shape index (κ2) is 5.36. The van der Waals surface area contributed by atoms with E-state index >= 15 is 0 Å². The van der Waals surface area contributed by atoms with Gasteiger partial charge in [-0.3, -0.25) is 10.3 Å². The molecule has 0 unspecified atom stereocenters. The Bertz CT molecular complexity index is 861. The van der Waals surface area contributed by atoms with Crippen molar-refractivity contribution in [3.8, 4) is 5.69 Å². The number of pyridine rings is 1. The summed E-state index contributed by atoms with van der Waals surface area (Å²) in [6.07, 6.45) is 2.54. The molecule has 3 rings (SSSR count). The fourth-order valence-corrected chi connectivity index (χ4v) is 2.66. The highest BCUT2D eigenvalue weighted by Crippen LogP contribution is 2.35. The van der Waals surface area contributed by atoms with Crippen molar-refractivity contribution in [2.75, 3.05) is 17.3 Å². The van der Waals surface area contributed by atoms with Gasteiger partial charge in [-0.1, -0.05) is 0 Å². The number of hydrogen-bond acceptors (Lipinski definition) is 6. The van der Waals surface area contributed by atoms with Crippen molar-refractivity contribution in [1.82, 2.24) is 19.3 Å². The number of aromatic nitrogens is 4. The average molecular weight is 332 g/mol. The number of rotatable bonds is 1. The maximum absolute atomic E-state index is 12.3. The van der Waals surface area contributed by atoms with E-state index in [1.807, 2.05) is 11.9 Å². The molecule has 0 aromatic carbocycles. The van der Waals surface area contributed by atoms with Gasteiger partial charge in [0.2, 0.25) is 0 Å². The first-order chi connectivity index (χ1) is 11.2. The fraction of sp³-hybridized carbons (Fsp3) is 0.467. The normalized spacial score (nSPS) is 13.3. The minimum Gasteiger partial charge on any atom is -0.444 e. The lowest BCUT2D eigenvalue weighted by atomic mass is 10.2. The van der Waals surface area contributed by atoms with E-state index in [2.05, 4.69) is 15.4 Å². The molecular formula is C15H20N6O3. The van der Waals surface area contributed by atoms with Gasteiger partial charge in [-0.25, -0.2) is 18.8 Å². The highest BCUT2D eigenvalue weighted by Gasteiger charge is 2.28. The number of amides is 1. The van der Waals surface area contributed by atoms with E-state index in [-0.39, 0.29) is 5.69 Å². The molecule has 1 aliphatic heterocycles. The molecule has 0 saturated carbocycles. The van der Waals surface area contributed by atoms with E-state index in [1.54, 1.807) is 34.0 Å². The largest absolute Gasteiger partial charge is 0.444 e. The molecule has 9 heteroatoms. The van der Waals surface area contributed by atoms with Gasteiger partial charge < -0.3 is 9.64 Å². The van der Waals surface area contributed by atoms with E-state index in [0.717, 1.165) is 0 Å². The number of fused-ring (bicyclic) bond motifs is 3. The summed E-state index contributed by atoms with van der Waals surface area (Å²) in [5.74, 6) is 0.619. The Hall–Kier alpha value is -2.84. The molecule has 0 spiro atoms. The zero-order chi connectivity index (χ0) is 17.6. The Balaban J connectivity index is 2.04. The minimum atomic E-state index is -0.605. The van der Waals surface area contributed by atoms with Gasteiger partial charge in [0.15, 0.2) is 5.82 Å². The van der Waals surface area contributed by atoms with Crippen molar-refractivity contribution in [1.29, 1.82) is 0 Å². The Morgan fingerprint density at radius 1 is 1.29 bits per heavy atom. The van der Waals surface area contributed by atoms with E-state index in [1.165, 1.54) is 15.4 Å². The summed E-state index contributed by atoms with van der Waals surface area (Å²) < 4.78 is 8.07. The third kappa shape index (κ3) is 2.72. The van der Waals surface area contributed by atoms with Crippen LogP contribution in [0.25, 0.3) is 5.69 Å². The molecular weight excluding hydrogens is 312 g/mol. The smallest absolute Gasteiger partial charge is 0.412 e.